The SMILES string of the molecule is O=S(=O)(c1ccc(Cl)cc1)N(Cc1ccc(-c2ncco2)c(F)c1F)[C@H]1CCCC[C@@H]1CO. The first-order valence-electron chi connectivity index (χ1n) is 10.6. The van der Waals surface area contributed by atoms with Crippen LogP contribution in [0.2, 0.25) is 5.02 Å². The lowest BCUT2D eigenvalue weighted by Gasteiger charge is -2.38. The second kappa shape index (κ2) is 9.89. The highest BCUT2D eigenvalue weighted by molar-refractivity contribution is 7.89. The molecule has 1 aromatic heterocycles. The number of sulfonamides is 1. The molecule has 0 bridgehead atoms. The van der Waals surface area contributed by atoms with Gasteiger partial charge in [-0.1, -0.05) is 30.5 Å². The van der Waals surface area contributed by atoms with E-state index in [2.05, 4.69) is 4.98 Å². The summed E-state index contributed by atoms with van der Waals surface area (Å²) in [6.45, 7) is -0.585. The Balaban J connectivity index is 1.75. The van der Waals surface area contributed by atoms with Gasteiger partial charge in [0.2, 0.25) is 15.9 Å². The topological polar surface area (TPSA) is 83.6 Å². The van der Waals surface area contributed by atoms with E-state index in [0.717, 1.165) is 12.8 Å². The number of hydrogen-bond donors (Lipinski definition) is 1. The van der Waals surface area contributed by atoms with Crippen LogP contribution in [0.25, 0.3) is 11.5 Å². The van der Waals surface area contributed by atoms with Gasteiger partial charge >= 0.3 is 0 Å². The number of benzene rings is 2. The molecule has 0 aliphatic heterocycles. The van der Waals surface area contributed by atoms with Crippen molar-refractivity contribution in [1.29, 1.82) is 0 Å². The van der Waals surface area contributed by atoms with Gasteiger partial charge in [0.1, 0.15) is 6.26 Å². The second-order valence-corrected chi connectivity index (χ2v) is 10.4. The van der Waals surface area contributed by atoms with Gasteiger partial charge in [0, 0.05) is 29.8 Å². The number of aliphatic hydroxyl groups is 1. The third-order valence-electron chi connectivity index (χ3n) is 6.04. The van der Waals surface area contributed by atoms with Crippen molar-refractivity contribution in [3.8, 4) is 11.5 Å². The zero-order valence-corrected chi connectivity index (χ0v) is 19.2. The smallest absolute Gasteiger partial charge is 0.243 e. The Morgan fingerprint density at radius 1 is 1.09 bits per heavy atom. The molecule has 1 heterocycles. The molecular formula is C23H23ClF2N2O4S. The van der Waals surface area contributed by atoms with Crippen LogP contribution in [0, 0.1) is 17.6 Å². The zero-order valence-electron chi connectivity index (χ0n) is 17.6. The lowest BCUT2D eigenvalue weighted by atomic mass is 9.85. The molecule has 0 unspecified atom stereocenters. The first-order valence-corrected chi connectivity index (χ1v) is 12.4. The summed E-state index contributed by atoms with van der Waals surface area (Å²) in [7, 11) is -4.10. The molecule has 2 aromatic carbocycles. The largest absolute Gasteiger partial charge is 0.444 e. The Morgan fingerprint density at radius 3 is 2.48 bits per heavy atom. The molecule has 1 fully saturated rings. The molecule has 2 atom stereocenters. The van der Waals surface area contributed by atoms with Crippen molar-refractivity contribution in [1.82, 2.24) is 9.29 Å². The van der Waals surface area contributed by atoms with Gasteiger partial charge in [-0.25, -0.2) is 22.2 Å². The number of nitrogens with zero attached hydrogens (tertiary/aromatic N) is 2. The van der Waals surface area contributed by atoms with Crippen molar-refractivity contribution < 1.29 is 26.7 Å². The predicted molar refractivity (Wildman–Crippen MR) is 119 cm³/mol. The summed E-state index contributed by atoms with van der Waals surface area (Å²) in [6.07, 6.45) is 5.36. The minimum absolute atomic E-state index is 0.00792. The van der Waals surface area contributed by atoms with E-state index in [9.17, 15) is 17.9 Å². The molecule has 10 heteroatoms. The molecule has 33 heavy (non-hydrogen) atoms. The third-order valence-corrected chi connectivity index (χ3v) is 8.18. The van der Waals surface area contributed by atoms with E-state index >= 15 is 4.39 Å². The Bertz CT molecular complexity index is 1200. The van der Waals surface area contributed by atoms with Crippen molar-refractivity contribution in [2.75, 3.05) is 6.61 Å². The Hall–Kier alpha value is -2.33. The minimum Gasteiger partial charge on any atom is -0.444 e. The summed E-state index contributed by atoms with van der Waals surface area (Å²) in [5.41, 5.74) is -0.276. The summed E-state index contributed by atoms with van der Waals surface area (Å²) in [5.74, 6) is -2.71. The molecular weight excluding hydrogens is 474 g/mol. The fourth-order valence-corrected chi connectivity index (χ4v) is 6.12. The Kier molecular flexibility index (Phi) is 7.13. The van der Waals surface area contributed by atoms with Crippen molar-refractivity contribution >= 4 is 21.6 Å². The summed E-state index contributed by atoms with van der Waals surface area (Å²) in [6, 6.07) is 7.77. The second-order valence-electron chi connectivity index (χ2n) is 8.04. The summed E-state index contributed by atoms with van der Waals surface area (Å²) >= 11 is 5.92. The van der Waals surface area contributed by atoms with Crippen LogP contribution in [0.1, 0.15) is 31.2 Å². The van der Waals surface area contributed by atoms with Gasteiger partial charge in [-0.05, 0) is 49.1 Å². The van der Waals surface area contributed by atoms with Crippen LogP contribution in [0.15, 0.2) is 58.2 Å². The van der Waals surface area contributed by atoms with Gasteiger partial charge < -0.3 is 9.52 Å². The number of aliphatic hydroxyl groups excluding tert-OH is 1. The van der Waals surface area contributed by atoms with E-state index in [1.807, 2.05) is 0 Å². The highest BCUT2D eigenvalue weighted by Gasteiger charge is 2.38. The predicted octanol–water partition coefficient (Wildman–Crippen LogP) is 5.02. The van der Waals surface area contributed by atoms with Crippen molar-refractivity contribution in [2.45, 2.75) is 43.2 Å². The van der Waals surface area contributed by atoms with Crippen LogP contribution in [0.5, 0.6) is 0 Å². The van der Waals surface area contributed by atoms with Crippen LogP contribution < -0.4 is 0 Å². The van der Waals surface area contributed by atoms with Gasteiger partial charge in [-0.15, -0.1) is 0 Å². The van der Waals surface area contributed by atoms with Crippen molar-refractivity contribution in [3.63, 3.8) is 0 Å². The standard InChI is InChI=1S/C23H23ClF2N2O4S/c24-17-6-8-18(9-7-17)33(30,31)28(20-4-2-1-3-16(20)14-29)13-15-5-10-19(22(26)21(15)25)23-27-11-12-32-23/h5-12,16,20,29H,1-4,13-14H2/t16-,20+/m1/s1. The fourth-order valence-electron chi connectivity index (χ4n) is 4.30. The van der Waals surface area contributed by atoms with E-state index < -0.39 is 27.7 Å². The van der Waals surface area contributed by atoms with E-state index in [0.29, 0.717) is 17.9 Å². The summed E-state index contributed by atoms with van der Waals surface area (Å²) in [4.78, 5) is 3.83. The number of hydrogen-bond acceptors (Lipinski definition) is 5. The average Bonchev–Trinajstić information content (AvgIpc) is 3.35. The van der Waals surface area contributed by atoms with E-state index in [1.54, 1.807) is 0 Å². The van der Waals surface area contributed by atoms with Crippen LogP contribution in [-0.4, -0.2) is 35.5 Å². The van der Waals surface area contributed by atoms with Crippen molar-refractivity contribution in [3.05, 3.63) is 71.1 Å². The number of halogens is 3. The fraction of sp³-hybridized carbons (Fsp3) is 0.348. The Labute approximate surface area is 195 Å². The molecule has 0 spiro atoms. The van der Waals surface area contributed by atoms with Crippen LogP contribution >= 0.6 is 11.6 Å². The van der Waals surface area contributed by atoms with Gasteiger partial charge in [0.25, 0.3) is 0 Å². The number of rotatable bonds is 7. The summed E-state index contributed by atoms with van der Waals surface area (Å²) in [5, 5.41) is 10.3. The molecule has 1 saturated carbocycles. The molecule has 0 amide bonds. The van der Waals surface area contributed by atoms with Gasteiger partial charge in [-0.2, -0.15) is 4.31 Å². The number of oxazole rings is 1. The Morgan fingerprint density at radius 2 is 1.82 bits per heavy atom. The summed E-state index contributed by atoms with van der Waals surface area (Å²) < 4.78 is 63.4. The minimum atomic E-state index is -4.10. The lowest BCUT2D eigenvalue weighted by molar-refractivity contribution is 0.109. The van der Waals surface area contributed by atoms with Crippen LogP contribution in [0.4, 0.5) is 8.78 Å². The highest BCUT2D eigenvalue weighted by atomic mass is 35.5. The zero-order chi connectivity index (χ0) is 23.6. The quantitative estimate of drug-likeness (QED) is 0.497. The molecule has 1 N–H and O–H groups in total. The molecule has 6 nitrogen and oxygen atoms in total. The normalized spacial score (nSPS) is 19.2. The molecule has 0 saturated heterocycles. The highest BCUT2D eigenvalue weighted by Crippen LogP contribution is 2.35. The average molecular weight is 497 g/mol. The van der Waals surface area contributed by atoms with Gasteiger partial charge in [0.05, 0.1) is 16.7 Å². The maximum absolute atomic E-state index is 15.1. The monoisotopic (exact) mass is 496 g/mol. The van der Waals surface area contributed by atoms with Crippen LogP contribution in [-0.2, 0) is 16.6 Å². The maximum Gasteiger partial charge on any atom is 0.243 e. The van der Waals surface area contributed by atoms with E-state index in [1.165, 1.54) is 53.2 Å². The molecule has 3 aromatic rings. The molecule has 176 valence electrons. The van der Waals surface area contributed by atoms with Gasteiger partial charge in [-0.3, -0.25) is 0 Å². The van der Waals surface area contributed by atoms with E-state index in [-0.39, 0.29) is 41.0 Å². The molecule has 0 radical (unpaired) electrons. The molecule has 1 aliphatic rings. The first kappa shape index (κ1) is 23.8. The first-order chi connectivity index (χ1) is 15.8. The van der Waals surface area contributed by atoms with Crippen LogP contribution in [0.3, 0.4) is 0 Å². The molecule has 1 aliphatic carbocycles. The van der Waals surface area contributed by atoms with E-state index in [4.69, 9.17) is 16.0 Å². The third kappa shape index (κ3) is 4.82. The maximum atomic E-state index is 15.1. The lowest BCUT2D eigenvalue weighted by Crippen LogP contribution is -2.46. The number of aromatic nitrogens is 1. The van der Waals surface area contributed by atoms with Gasteiger partial charge in [0.15, 0.2) is 11.6 Å². The molecule has 4 rings (SSSR count). The van der Waals surface area contributed by atoms with Crippen molar-refractivity contribution in [2.24, 2.45) is 5.92 Å².